The molecule has 27 heavy (non-hydrogen) atoms. The maximum absolute atomic E-state index is 12.5. The SMILES string of the molecule is Cc1cccc(OC(C)c2cc(=O)n3nc(-c4ccccc4)nc3[nH]2)c1C. The molecular weight excluding hydrogens is 340 g/mol. The van der Waals surface area contributed by atoms with Crippen LogP contribution in [0.2, 0.25) is 0 Å². The summed E-state index contributed by atoms with van der Waals surface area (Å²) in [5.74, 6) is 1.70. The maximum Gasteiger partial charge on any atom is 0.276 e. The first-order valence-electron chi connectivity index (χ1n) is 8.81. The molecule has 4 rings (SSSR count). The Balaban J connectivity index is 1.70. The van der Waals surface area contributed by atoms with E-state index in [-0.39, 0.29) is 11.7 Å². The monoisotopic (exact) mass is 360 g/mol. The summed E-state index contributed by atoms with van der Waals surface area (Å²) in [6, 6.07) is 17.0. The second-order valence-electron chi connectivity index (χ2n) is 6.56. The molecule has 136 valence electrons. The van der Waals surface area contributed by atoms with E-state index in [9.17, 15) is 4.79 Å². The van der Waals surface area contributed by atoms with Crippen LogP contribution in [0.15, 0.2) is 59.4 Å². The summed E-state index contributed by atoms with van der Waals surface area (Å²) in [6.45, 7) is 5.97. The minimum absolute atomic E-state index is 0.246. The number of hydrogen-bond acceptors (Lipinski definition) is 4. The summed E-state index contributed by atoms with van der Waals surface area (Å²) in [7, 11) is 0. The molecule has 1 atom stereocenters. The zero-order chi connectivity index (χ0) is 19.0. The number of fused-ring (bicyclic) bond motifs is 1. The number of rotatable bonds is 4. The van der Waals surface area contributed by atoms with Crippen LogP contribution in [0.4, 0.5) is 0 Å². The van der Waals surface area contributed by atoms with Gasteiger partial charge in [-0.3, -0.25) is 4.79 Å². The summed E-state index contributed by atoms with van der Waals surface area (Å²) in [5, 5.41) is 4.31. The van der Waals surface area contributed by atoms with Crippen LogP contribution in [0, 0.1) is 13.8 Å². The van der Waals surface area contributed by atoms with Crippen LogP contribution in [-0.2, 0) is 0 Å². The lowest BCUT2D eigenvalue weighted by Crippen LogP contribution is -2.18. The minimum atomic E-state index is -0.333. The fourth-order valence-corrected chi connectivity index (χ4v) is 2.94. The quantitative estimate of drug-likeness (QED) is 0.600. The van der Waals surface area contributed by atoms with Crippen LogP contribution in [-0.4, -0.2) is 19.6 Å². The van der Waals surface area contributed by atoms with Gasteiger partial charge in [0.15, 0.2) is 5.82 Å². The summed E-state index contributed by atoms with van der Waals surface area (Å²) in [6.07, 6.45) is -0.333. The Labute approximate surface area is 156 Å². The highest BCUT2D eigenvalue weighted by atomic mass is 16.5. The molecule has 2 aromatic heterocycles. The van der Waals surface area contributed by atoms with Crippen molar-refractivity contribution in [3.8, 4) is 17.1 Å². The Morgan fingerprint density at radius 3 is 2.63 bits per heavy atom. The molecule has 6 nitrogen and oxygen atoms in total. The first kappa shape index (κ1) is 17.0. The molecule has 0 fully saturated rings. The third-order valence-corrected chi connectivity index (χ3v) is 4.68. The van der Waals surface area contributed by atoms with Crippen molar-refractivity contribution in [3.05, 3.63) is 81.8 Å². The molecule has 2 aromatic carbocycles. The van der Waals surface area contributed by atoms with Crippen molar-refractivity contribution in [1.82, 2.24) is 19.6 Å². The normalized spacial score (nSPS) is 12.3. The zero-order valence-corrected chi connectivity index (χ0v) is 15.4. The van der Waals surface area contributed by atoms with Gasteiger partial charge in [0.25, 0.3) is 5.56 Å². The Morgan fingerprint density at radius 1 is 1.07 bits per heavy atom. The van der Waals surface area contributed by atoms with E-state index in [1.54, 1.807) is 0 Å². The molecule has 0 aliphatic rings. The molecule has 0 saturated heterocycles. The molecule has 0 bridgehead atoms. The molecule has 6 heteroatoms. The van der Waals surface area contributed by atoms with E-state index in [4.69, 9.17) is 4.74 Å². The Bertz CT molecular complexity index is 1160. The van der Waals surface area contributed by atoms with Crippen LogP contribution >= 0.6 is 0 Å². The zero-order valence-electron chi connectivity index (χ0n) is 15.4. The first-order valence-corrected chi connectivity index (χ1v) is 8.81. The van der Waals surface area contributed by atoms with Gasteiger partial charge in [0.1, 0.15) is 11.9 Å². The lowest BCUT2D eigenvalue weighted by atomic mass is 10.1. The van der Waals surface area contributed by atoms with Gasteiger partial charge in [-0.2, -0.15) is 9.50 Å². The van der Waals surface area contributed by atoms with Crippen molar-refractivity contribution < 1.29 is 4.74 Å². The van der Waals surface area contributed by atoms with Crippen LogP contribution in [0.25, 0.3) is 17.2 Å². The van der Waals surface area contributed by atoms with Crippen molar-refractivity contribution in [2.45, 2.75) is 26.9 Å². The van der Waals surface area contributed by atoms with Crippen molar-refractivity contribution in [2.24, 2.45) is 0 Å². The number of aryl methyl sites for hydroxylation is 1. The maximum atomic E-state index is 12.5. The van der Waals surface area contributed by atoms with Gasteiger partial charge < -0.3 is 9.72 Å². The molecule has 1 N–H and O–H groups in total. The van der Waals surface area contributed by atoms with E-state index >= 15 is 0 Å². The van der Waals surface area contributed by atoms with E-state index in [1.165, 1.54) is 10.6 Å². The summed E-state index contributed by atoms with van der Waals surface area (Å²) in [4.78, 5) is 20.1. The second-order valence-corrected chi connectivity index (χ2v) is 6.56. The molecule has 0 saturated carbocycles. The largest absolute Gasteiger partial charge is 0.484 e. The highest BCUT2D eigenvalue weighted by molar-refractivity contribution is 5.56. The number of ether oxygens (including phenoxy) is 1. The fraction of sp³-hybridized carbons (Fsp3) is 0.190. The third-order valence-electron chi connectivity index (χ3n) is 4.68. The van der Waals surface area contributed by atoms with Gasteiger partial charge in [0.2, 0.25) is 5.78 Å². The molecule has 4 aromatic rings. The van der Waals surface area contributed by atoms with E-state index < -0.39 is 0 Å². The van der Waals surface area contributed by atoms with E-state index in [1.807, 2.05) is 69.3 Å². The smallest absolute Gasteiger partial charge is 0.276 e. The summed E-state index contributed by atoms with van der Waals surface area (Å²) < 4.78 is 7.35. The number of hydrogen-bond donors (Lipinski definition) is 1. The number of H-pyrrole nitrogens is 1. The number of nitrogens with one attached hydrogen (secondary N) is 1. The van der Waals surface area contributed by atoms with Gasteiger partial charge in [-0.05, 0) is 38.0 Å². The van der Waals surface area contributed by atoms with E-state index in [0.717, 1.165) is 22.4 Å². The van der Waals surface area contributed by atoms with Crippen molar-refractivity contribution in [3.63, 3.8) is 0 Å². The predicted octanol–water partition coefficient (Wildman–Crippen LogP) is 3.84. The molecule has 0 aliphatic carbocycles. The van der Waals surface area contributed by atoms with E-state index in [0.29, 0.717) is 17.3 Å². The average molecular weight is 360 g/mol. The standard InChI is InChI=1S/C21H20N4O2/c1-13-8-7-11-18(14(13)2)27-15(3)17-12-19(26)25-21(22-17)23-20(24-25)16-9-5-4-6-10-16/h4-12,15H,1-3H3,(H,22,23,24). The van der Waals surface area contributed by atoms with Crippen molar-refractivity contribution >= 4 is 5.78 Å². The first-order chi connectivity index (χ1) is 13.0. The molecule has 0 spiro atoms. The molecule has 0 amide bonds. The molecular formula is C21H20N4O2. The van der Waals surface area contributed by atoms with Gasteiger partial charge >= 0.3 is 0 Å². The van der Waals surface area contributed by atoms with Gasteiger partial charge in [0, 0.05) is 11.6 Å². The predicted molar refractivity (Wildman–Crippen MR) is 104 cm³/mol. The van der Waals surface area contributed by atoms with Crippen LogP contribution in [0.5, 0.6) is 5.75 Å². The average Bonchev–Trinajstić information content (AvgIpc) is 3.11. The minimum Gasteiger partial charge on any atom is -0.484 e. The number of aromatic nitrogens is 4. The fourth-order valence-electron chi connectivity index (χ4n) is 2.94. The van der Waals surface area contributed by atoms with Gasteiger partial charge in [-0.1, -0.05) is 42.5 Å². The summed E-state index contributed by atoms with van der Waals surface area (Å²) in [5.41, 5.74) is 3.51. The molecule has 2 heterocycles. The van der Waals surface area contributed by atoms with Crippen LogP contribution in [0.3, 0.4) is 0 Å². The van der Waals surface area contributed by atoms with Crippen LogP contribution < -0.4 is 10.3 Å². The van der Waals surface area contributed by atoms with Crippen molar-refractivity contribution in [2.75, 3.05) is 0 Å². The highest BCUT2D eigenvalue weighted by Crippen LogP contribution is 2.26. The van der Waals surface area contributed by atoms with Crippen LogP contribution in [0.1, 0.15) is 29.8 Å². The molecule has 1 unspecified atom stereocenters. The Hall–Kier alpha value is -3.41. The number of nitrogens with zero attached hydrogens (tertiary/aromatic N) is 3. The lowest BCUT2D eigenvalue weighted by molar-refractivity contribution is 0.220. The lowest BCUT2D eigenvalue weighted by Gasteiger charge is -2.17. The second kappa shape index (κ2) is 6.72. The summed E-state index contributed by atoms with van der Waals surface area (Å²) >= 11 is 0. The highest BCUT2D eigenvalue weighted by Gasteiger charge is 2.15. The molecule has 0 radical (unpaired) electrons. The Kier molecular flexibility index (Phi) is 4.24. The molecule has 0 aliphatic heterocycles. The third kappa shape index (κ3) is 3.21. The Morgan fingerprint density at radius 2 is 1.85 bits per heavy atom. The topological polar surface area (TPSA) is 72.3 Å². The van der Waals surface area contributed by atoms with Gasteiger partial charge in [-0.25, -0.2) is 0 Å². The van der Waals surface area contributed by atoms with Gasteiger partial charge in [-0.15, -0.1) is 5.10 Å². The van der Waals surface area contributed by atoms with Gasteiger partial charge in [0.05, 0.1) is 5.69 Å². The van der Waals surface area contributed by atoms with E-state index in [2.05, 4.69) is 15.1 Å². The number of benzene rings is 2. The number of aromatic amines is 1. The van der Waals surface area contributed by atoms with Crippen molar-refractivity contribution in [1.29, 1.82) is 0 Å².